The molecule has 0 radical (unpaired) electrons. The van der Waals surface area contributed by atoms with Crippen LogP contribution in [0.5, 0.6) is 0 Å². The molecule has 0 atom stereocenters. The maximum Gasteiger partial charge on any atom is 0.271 e. The number of nitrogens with one attached hydrogen (secondary N) is 2. The van der Waals surface area contributed by atoms with E-state index >= 15 is 0 Å². The van der Waals surface area contributed by atoms with Gasteiger partial charge in [0.05, 0.1) is 6.26 Å². The van der Waals surface area contributed by atoms with Gasteiger partial charge in [-0.05, 0) is 37.1 Å². The molecule has 4 aromatic rings. The molecule has 0 saturated heterocycles. The third kappa shape index (κ3) is 3.08. The summed E-state index contributed by atoms with van der Waals surface area (Å²) < 4.78 is 5.35. The molecule has 126 valence electrons. The minimum atomic E-state index is -0.147. The van der Waals surface area contributed by atoms with E-state index in [0.717, 1.165) is 21.8 Å². The number of fused-ring (bicyclic) bond motifs is 1. The SMILES string of the molecule is Cc1sc(-c2ccco2)nc1C(=O)NCCc1c[nH]c2ccccc12. The van der Waals surface area contributed by atoms with E-state index in [9.17, 15) is 4.79 Å². The van der Waals surface area contributed by atoms with Gasteiger partial charge in [-0.1, -0.05) is 18.2 Å². The molecule has 4 rings (SSSR count). The van der Waals surface area contributed by atoms with Crippen molar-refractivity contribution in [2.45, 2.75) is 13.3 Å². The summed E-state index contributed by atoms with van der Waals surface area (Å²) in [5, 5.41) is 4.88. The normalized spacial score (nSPS) is 11.1. The smallest absolute Gasteiger partial charge is 0.271 e. The molecular weight excluding hydrogens is 334 g/mol. The molecule has 1 aromatic carbocycles. The fraction of sp³-hybridized carbons (Fsp3) is 0.158. The number of aromatic amines is 1. The highest BCUT2D eigenvalue weighted by Crippen LogP contribution is 2.27. The molecule has 1 amide bonds. The first-order chi connectivity index (χ1) is 12.2. The van der Waals surface area contributed by atoms with E-state index in [-0.39, 0.29) is 5.91 Å². The Bertz CT molecular complexity index is 1010. The molecule has 0 saturated carbocycles. The Hall–Kier alpha value is -2.86. The number of para-hydroxylation sites is 1. The van der Waals surface area contributed by atoms with Crippen molar-refractivity contribution in [3.63, 3.8) is 0 Å². The molecular formula is C19H17N3O2S. The summed E-state index contributed by atoms with van der Waals surface area (Å²) in [5.74, 6) is 0.539. The average molecular weight is 351 g/mol. The first kappa shape index (κ1) is 15.7. The van der Waals surface area contributed by atoms with E-state index in [4.69, 9.17) is 4.42 Å². The summed E-state index contributed by atoms with van der Waals surface area (Å²) in [6.45, 7) is 2.46. The number of carbonyl (C=O) groups is 1. The predicted molar refractivity (Wildman–Crippen MR) is 98.9 cm³/mol. The molecule has 25 heavy (non-hydrogen) atoms. The van der Waals surface area contributed by atoms with Gasteiger partial charge in [-0.3, -0.25) is 4.79 Å². The Kier molecular flexibility index (Phi) is 4.11. The van der Waals surface area contributed by atoms with Crippen LogP contribution in [0.4, 0.5) is 0 Å². The standard InChI is InChI=1S/C19H17N3O2S/c1-12-17(22-19(25-12)16-7-4-10-24-16)18(23)20-9-8-13-11-21-15-6-3-2-5-14(13)15/h2-7,10-11,21H,8-9H2,1H3,(H,20,23). The molecule has 5 nitrogen and oxygen atoms in total. The molecule has 0 bridgehead atoms. The fourth-order valence-electron chi connectivity index (χ4n) is 2.85. The van der Waals surface area contributed by atoms with E-state index < -0.39 is 0 Å². The monoisotopic (exact) mass is 351 g/mol. The van der Waals surface area contributed by atoms with Crippen LogP contribution in [0.3, 0.4) is 0 Å². The van der Waals surface area contributed by atoms with Crippen LogP contribution in [0.15, 0.2) is 53.3 Å². The molecule has 0 spiro atoms. The molecule has 2 N–H and O–H groups in total. The lowest BCUT2D eigenvalue weighted by molar-refractivity contribution is 0.0949. The molecule has 6 heteroatoms. The van der Waals surface area contributed by atoms with Crippen LogP contribution in [-0.4, -0.2) is 22.4 Å². The highest BCUT2D eigenvalue weighted by atomic mass is 32.1. The van der Waals surface area contributed by atoms with Gasteiger partial charge in [0.1, 0.15) is 5.69 Å². The number of aromatic nitrogens is 2. The van der Waals surface area contributed by atoms with Gasteiger partial charge in [-0.15, -0.1) is 11.3 Å². The van der Waals surface area contributed by atoms with Crippen molar-refractivity contribution in [2.75, 3.05) is 6.54 Å². The van der Waals surface area contributed by atoms with Crippen LogP contribution in [0, 0.1) is 6.92 Å². The Morgan fingerprint density at radius 2 is 2.16 bits per heavy atom. The summed E-state index contributed by atoms with van der Waals surface area (Å²) in [4.78, 5) is 21.0. The molecule has 3 heterocycles. The summed E-state index contributed by atoms with van der Waals surface area (Å²) in [6.07, 6.45) is 4.37. The van der Waals surface area contributed by atoms with Gasteiger partial charge in [0.15, 0.2) is 10.8 Å². The second kappa shape index (κ2) is 6.57. The van der Waals surface area contributed by atoms with Crippen molar-refractivity contribution < 1.29 is 9.21 Å². The molecule has 3 aromatic heterocycles. The van der Waals surface area contributed by atoms with Crippen LogP contribution in [-0.2, 0) is 6.42 Å². The summed E-state index contributed by atoms with van der Waals surface area (Å²) >= 11 is 1.46. The lowest BCUT2D eigenvalue weighted by atomic mass is 10.1. The van der Waals surface area contributed by atoms with Crippen molar-refractivity contribution >= 4 is 28.1 Å². The third-order valence-corrected chi connectivity index (χ3v) is 5.08. The Labute approximate surface area is 148 Å². The minimum absolute atomic E-state index is 0.147. The van der Waals surface area contributed by atoms with Gasteiger partial charge < -0.3 is 14.7 Å². The van der Waals surface area contributed by atoms with E-state index in [2.05, 4.69) is 21.4 Å². The fourth-order valence-corrected chi connectivity index (χ4v) is 3.72. The van der Waals surface area contributed by atoms with Gasteiger partial charge in [0.25, 0.3) is 5.91 Å². The third-order valence-electron chi connectivity index (χ3n) is 4.10. The largest absolute Gasteiger partial charge is 0.462 e. The van der Waals surface area contributed by atoms with Gasteiger partial charge >= 0.3 is 0 Å². The Balaban J connectivity index is 1.42. The first-order valence-corrected chi connectivity index (χ1v) is 8.88. The van der Waals surface area contributed by atoms with Crippen molar-refractivity contribution in [3.05, 3.63) is 65.0 Å². The molecule has 0 unspecified atom stereocenters. The maximum absolute atomic E-state index is 12.4. The highest BCUT2D eigenvalue weighted by Gasteiger charge is 2.17. The zero-order chi connectivity index (χ0) is 17.2. The van der Waals surface area contributed by atoms with E-state index in [1.807, 2.05) is 43.5 Å². The number of amides is 1. The van der Waals surface area contributed by atoms with Gasteiger partial charge in [0, 0.05) is 28.5 Å². The lowest BCUT2D eigenvalue weighted by Gasteiger charge is -2.03. The number of rotatable bonds is 5. The number of hydrogen-bond acceptors (Lipinski definition) is 4. The summed E-state index contributed by atoms with van der Waals surface area (Å²) in [6, 6.07) is 11.8. The number of thiazole rings is 1. The van der Waals surface area contributed by atoms with Crippen LogP contribution in [0.25, 0.3) is 21.7 Å². The Morgan fingerprint density at radius 1 is 1.28 bits per heavy atom. The van der Waals surface area contributed by atoms with Crippen molar-refractivity contribution in [1.82, 2.24) is 15.3 Å². The Morgan fingerprint density at radius 3 is 3.00 bits per heavy atom. The van der Waals surface area contributed by atoms with Gasteiger partial charge in [0.2, 0.25) is 0 Å². The van der Waals surface area contributed by atoms with E-state index in [0.29, 0.717) is 18.0 Å². The maximum atomic E-state index is 12.4. The molecule has 0 aliphatic heterocycles. The number of nitrogens with zero attached hydrogens (tertiary/aromatic N) is 1. The van der Waals surface area contributed by atoms with E-state index in [1.54, 1.807) is 6.26 Å². The van der Waals surface area contributed by atoms with Gasteiger partial charge in [-0.25, -0.2) is 4.98 Å². The number of carbonyl (C=O) groups excluding carboxylic acids is 1. The number of aryl methyl sites for hydroxylation is 1. The quantitative estimate of drug-likeness (QED) is 0.567. The van der Waals surface area contributed by atoms with Crippen molar-refractivity contribution in [1.29, 1.82) is 0 Å². The van der Waals surface area contributed by atoms with E-state index in [1.165, 1.54) is 22.3 Å². The number of furan rings is 1. The molecule has 0 aliphatic rings. The number of benzene rings is 1. The zero-order valence-corrected chi connectivity index (χ0v) is 14.5. The summed E-state index contributed by atoms with van der Waals surface area (Å²) in [7, 11) is 0. The topological polar surface area (TPSA) is 70.9 Å². The summed E-state index contributed by atoms with van der Waals surface area (Å²) in [5.41, 5.74) is 2.78. The van der Waals surface area contributed by atoms with Crippen LogP contribution >= 0.6 is 11.3 Å². The number of hydrogen-bond donors (Lipinski definition) is 2. The molecule has 0 fully saturated rings. The van der Waals surface area contributed by atoms with Crippen LogP contribution < -0.4 is 5.32 Å². The van der Waals surface area contributed by atoms with Crippen LogP contribution in [0.2, 0.25) is 0 Å². The highest BCUT2D eigenvalue weighted by molar-refractivity contribution is 7.15. The second-order valence-corrected chi connectivity index (χ2v) is 6.97. The molecule has 0 aliphatic carbocycles. The zero-order valence-electron chi connectivity index (χ0n) is 13.7. The first-order valence-electron chi connectivity index (χ1n) is 8.07. The predicted octanol–water partition coefficient (Wildman–Crippen LogP) is 4.17. The minimum Gasteiger partial charge on any atom is -0.462 e. The number of H-pyrrole nitrogens is 1. The van der Waals surface area contributed by atoms with Crippen molar-refractivity contribution in [3.8, 4) is 10.8 Å². The second-order valence-electron chi connectivity index (χ2n) is 5.77. The lowest BCUT2D eigenvalue weighted by Crippen LogP contribution is -2.26. The average Bonchev–Trinajstić information content (AvgIpc) is 3.34. The van der Waals surface area contributed by atoms with Crippen LogP contribution in [0.1, 0.15) is 20.9 Å². The van der Waals surface area contributed by atoms with Gasteiger partial charge in [-0.2, -0.15) is 0 Å². The van der Waals surface area contributed by atoms with Crippen molar-refractivity contribution in [2.24, 2.45) is 0 Å².